The van der Waals surface area contributed by atoms with Crippen molar-refractivity contribution in [2.45, 2.75) is 33.6 Å². The first-order chi connectivity index (χ1) is 9.82. The zero-order valence-electron chi connectivity index (χ0n) is 12.9. The summed E-state index contributed by atoms with van der Waals surface area (Å²) >= 11 is 6.12. The number of hydrogen-bond donors (Lipinski definition) is 2. The van der Waals surface area contributed by atoms with Crippen molar-refractivity contribution >= 4 is 23.1 Å². The molecule has 0 bridgehead atoms. The number of nitrogens with two attached hydrogens (primary N) is 1. The van der Waals surface area contributed by atoms with E-state index in [0.29, 0.717) is 10.4 Å². The molecule has 0 radical (unpaired) electrons. The minimum atomic E-state index is 0.125. The Balaban J connectivity index is 2.22. The number of oxime groups is 1. The predicted molar refractivity (Wildman–Crippen MR) is 88.4 cm³/mol. The summed E-state index contributed by atoms with van der Waals surface area (Å²) in [5.41, 5.74) is 7.80. The van der Waals surface area contributed by atoms with Crippen LogP contribution in [0.1, 0.15) is 39.2 Å². The van der Waals surface area contributed by atoms with Crippen molar-refractivity contribution in [3.05, 3.63) is 28.8 Å². The number of anilines is 1. The van der Waals surface area contributed by atoms with Gasteiger partial charge in [0.1, 0.15) is 0 Å². The third-order valence-corrected chi connectivity index (χ3v) is 4.64. The summed E-state index contributed by atoms with van der Waals surface area (Å²) in [6.45, 7) is 8.83. The van der Waals surface area contributed by atoms with Crippen LogP contribution in [0.25, 0.3) is 0 Å². The lowest BCUT2D eigenvalue weighted by Gasteiger charge is -2.40. The second kappa shape index (κ2) is 6.14. The maximum Gasteiger partial charge on any atom is 0.172 e. The maximum absolute atomic E-state index is 8.94. The van der Waals surface area contributed by atoms with Crippen LogP contribution in [-0.2, 0) is 0 Å². The van der Waals surface area contributed by atoms with Gasteiger partial charge in [0.05, 0.1) is 0 Å². The minimum Gasteiger partial charge on any atom is -0.409 e. The van der Waals surface area contributed by atoms with Crippen molar-refractivity contribution < 1.29 is 5.21 Å². The lowest BCUT2D eigenvalue weighted by molar-refractivity contribution is 0.199. The van der Waals surface area contributed by atoms with Gasteiger partial charge < -0.3 is 15.8 Å². The van der Waals surface area contributed by atoms with Gasteiger partial charge >= 0.3 is 0 Å². The van der Waals surface area contributed by atoms with Gasteiger partial charge in [0.25, 0.3) is 0 Å². The fraction of sp³-hybridized carbons (Fsp3) is 0.562. The molecule has 0 atom stereocenters. The Hall–Kier alpha value is -1.42. The molecular weight excluding hydrogens is 286 g/mol. The van der Waals surface area contributed by atoms with Gasteiger partial charge in [-0.3, -0.25) is 0 Å². The van der Waals surface area contributed by atoms with E-state index in [1.807, 2.05) is 12.1 Å². The smallest absolute Gasteiger partial charge is 0.172 e. The van der Waals surface area contributed by atoms with Crippen molar-refractivity contribution in [3.8, 4) is 0 Å². The van der Waals surface area contributed by atoms with E-state index in [1.165, 1.54) is 0 Å². The van der Waals surface area contributed by atoms with Gasteiger partial charge in [-0.05, 0) is 42.4 Å². The van der Waals surface area contributed by atoms with Crippen LogP contribution in [0, 0.1) is 11.3 Å². The molecule has 116 valence electrons. The Kier molecular flexibility index (Phi) is 4.67. The first-order valence-electron chi connectivity index (χ1n) is 7.35. The van der Waals surface area contributed by atoms with Gasteiger partial charge in [-0.1, -0.05) is 37.5 Å². The summed E-state index contributed by atoms with van der Waals surface area (Å²) in [5, 5.41) is 12.7. The van der Waals surface area contributed by atoms with Crippen LogP contribution in [0.4, 0.5) is 5.69 Å². The average molecular weight is 310 g/mol. The van der Waals surface area contributed by atoms with Gasteiger partial charge in [-0.15, -0.1) is 0 Å². The van der Waals surface area contributed by atoms with E-state index in [4.69, 9.17) is 22.5 Å². The summed E-state index contributed by atoms with van der Waals surface area (Å²) in [4.78, 5) is 2.28. The topological polar surface area (TPSA) is 61.8 Å². The Morgan fingerprint density at radius 1 is 1.33 bits per heavy atom. The maximum atomic E-state index is 8.94. The Labute approximate surface area is 131 Å². The molecular formula is C16H24ClN3O. The van der Waals surface area contributed by atoms with Crippen molar-refractivity contribution in [1.82, 2.24) is 0 Å². The molecule has 0 aliphatic carbocycles. The monoisotopic (exact) mass is 309 g/mol. The van der Waals surface area contributed by atoms with E-state index in [-0.39, 0.29) is 5.84 Å². The van der Waals surface area contributed by atoms with E-state index in [1.54, 1.807) is 6.07 Å². The zero-order chi connectivity index (χ0) is 15.6. The molecule has 21 heavy (non-hydrogen) atoms. The van der Waals surface area contributed by atoms with Crippen LogP contribution in [0.3, 0.4) is 0 Å². The molecule has 1 fully saturated rings. The normalized spacial score (nSPS) is 18.1. The molecule has 1 heterocycles. The van der Waals surface area contributed by atoms with Crippen molar-refractivity contribution in [2.24, 2.45) is 22.2 Å². The van der Waals surface area contributed by atoms with Crippen LogP contribution in [0.5, 0.6) is 0 Å². The van der Waals surface area contributed by atoms with E-state index in [9.17, 15) is 0 Å². The van der Waals surface area contributed by atoms with Crippen molar-refractivity contribution in [3.63, 3.8) is 0 Å². The molecule has 0 spiro atoms. The molecule has 1 aromatic carbocycles. The second-order valence-electron chi connectivity index (χ2n) is 6.77. The lowest BCUT2D eigenvalue weighted by atomic mass is 9.75. The number of rotatable bonds is 2. The molecule has 2 rings (SSSR count). The third-order valence-electron chi connectivity index (χ3n) is 4.40. The van der Waals surface area contributed by atoms with Gasteiger partial charge in [-0.25, -0.2) is 0 Å². The highest BCUT2D eigenvalue weighted by Crippen LogP contribution is 2.36. The number of hydrogen-bond acceptors (Lipinski definition) is 3. The first kappa shape index (κ1) is 16.0. The van der Waals surface area contributed by atoms with Crippen LogP contribution >= 0.6 is 11.6 Å². The summed E-state index contributed by atoms with van der Waals surface area (Å²) in [6.07, 6.45) is 2.29. The molecule has 0 unspecified atom stereocenters. The molecule has 3 N–H and O–H groups in total. The fourth-order valence-corrected chi connectivity index (χ4v) is 3.19. The average Bonchev–Trinajstić information content (AvgIpc) is 2.45. The molecule has 0 aromatic heterocycles. The van der Waals surface area contributed by atoms with Crippen molar-refractivity contribution in [1.29, 1.82) is 0 Å². The van der Waals surface area contributed by atoms with Gasteiger partial charge in [0.2, 0.25) is 0 Å². The quantitative estimate of drug-likeness (QED) is 0.379. The Morgan fingerprint density at radius 2 is 1.95 bits per heavy atom. The van der Waals surface area contributed by atoms with Crippen molar-refractivity contribution in [2.75, 3.05) is 18.0 Å². The first-order valence-corrected chi connectivity index (χ1v) is 7.73. The second-order valence-corrected chi connectivity index (χ2v) is 7.21. The SMILES string of the molecule is CC(C)(C)C1CCN(c2cc(Cl)ccc2C(N)=NO)CC1. The van der Waals surface area contributed by atoms with Gasteiger partial charge in [0, 0.05) is 29.4 Å². The lowest BCUT2D eigenvalue weighted by Crippen LogP contribution is -2.39. The fourth-order valence-electron chi connectivity index (χ4n) is 3.02. The van der Waals surface area contributed by atoms with Crippen LogP contribution in [-0.4, -0.2) is 24.1 Å². The van der Waals surface area contributed by atoms with Crippen LogP contribution in [0.2, 0.25) is 5.02 Å². The molecule has 1 aromatic rings. The number of amidine groups is 1. The standard InChI is InChI=1S/C16H24ClN3O/c1-16(2,3)11-6-8-20(9-7-11)14-10-12(17)4-5-13(14)15(18)19-21/h4-5,10-11,21H,6-9H2,1-3H3,(H2,18,19). The summed E-state index contributed by atoms with van der Waals surface area (Å²) in [5.74, 6) is 0.847. The van der Waals surface area contributed by atoms with Gasteiger partial charge in [0.15, 0.2) is 5.84 Å². The number of piperidine rings is 1. The number of halogens is 1. The van der Waals surface area contributed by atoms with Gasteiger partial charge in [-0.2, -0.15) is 0 Å². The molecule has 5 heteroatoms. The number of benzene rings is 1. The largest absolute Gasteiger partial charge is 0.409 e. The molecule has 4 nitrogen and oxygen atoms in total. The molecule has 0 amide bonds. The van der Waals surface area contributed by atoms with E-state index < -0.39 is 0 Å². The highest BCUT2D eigenvalue weighted by atomic mass is 35.5. The Morgan fingerprint density at radius 3 is 2.48 bits per heavy atom. The summed E-state index contributed by atoms with van der Waals surface area (Å²) < 4.78 is 0. The molecule has 1 saturated heterocycles. The summed E-state index contributed by atoms with van der Waals surface area (Å²) in [6, 6.07) is 5.47. The van der Waals surface area contributed by atoms with E-state index >= 15 is 0 Å². The van der Waals surface area contributed by atoms with E-state index in [0.717, 1.165) is 43.1 Å². The Bertz CT molecular complexity index is 529. The van der Waals surface area contributed by atoms with E-state index in [2.05, 4.69) is 30.8 Å². The highest BCUT2D eigenvalue weighted by molar-refractivity contribution is 6.31. The van der Waals surface area contributed by atoms with Crippen LogP contribution < -0.4 is 10.6 Å². The third kappa shape index (κ3) is 3.62. The molecule has 1 aliphatic heterocycles. The van der Waals surface area contributed by atoms with Crippen LogP contribution in [0.15, 0.2) is 23.4 Å². The molecule has 0 saturated carbocycles. The summed E-state index contributed by atoms with van der Waals surface area (Å²) in [7, 11) is 0. The highest BCUT2D eigenvalue weighted by Gasteiger charge is 2.29. The predicted octanol–water partition coefficient (Wildman–Crippen LogP) is 3.70. The molecule has 1 aliphatic rings. The number of nitrogens with zero attached hydrogens (tertiary/aromatic N) is 2. The minimum absolute atomic E-state index is 0.125. The zero-order valence-corrected chi connectivity index (χ0v) is 13.7.